The van der Waals surface area contributed by atoms with Crippen LogP contribution >= 0.6 is 23.2 Å². The molecule has 2 aromatic rings. The molecule has 100 valence electrons. The quantitative estimate of drug-likeness (QED) is 0.942. The minimum atomic E-state index is 0.0756. The van der Waals surface area contributed by atoms with Gasteiger partial charge in [-0.3, -0.25) is 0 Å². The molecule has 3 nitrogen and oxygen atoms in total. The van der Waals surface area contributed by atoms with E-state index in [2.05, 4.69) is 9.97 Å². The highest BCUT2D eigenvalue weighted by atomic mass is 35.5. The van der Waals surface area contributed by atoms with E-state index >= 15 is 0 Å². The second-order valence-electron chi connectivity index (χ2n) is 4.52. The lowest BCUT2D eigenvalue weighted by molar-refractivity contribution is 0.713. The molecule has 0 saturated carbocycles. The Hall–Kier alpha value is -1.16. The number of rotatable bonds is 4. The van der Waals surface area contributed by atoms with Crippen LogP contribution in [0.3, 0.4) is 0 Å². The zero-order chi connectivity index (χ0) is 13.8. The van der Waals surface area contributed by atoms with Crippen LogP contribution < -0.4 is 5.73 Å². The molecule has 0 spiro atoms. The van der Waals surface area contributed by atoms with Gasteiger partial charge in [0.15, 0.2) is 0 Å². The summed E-state index contributed by atoms with van der Waals surface area (Å²) in [6.07, 6.45) is 2.99. The maximum atomic E-state index is 6.14. The minimum absolute atomic E-state index is 0.0756. The molecular formula is C14H15Cl2N3. The number of nitrogens with two attached hydrogens (primary N) is 1. The molecule has 5 heteroatoms. The van der Waals surface area contributed by atoms with Gasteiger partial charge in [0.2, 0.25) is 0 Å². The Labute approximate surface area is 122 Å². The summed E-state index contributed by atoms with van der Waals surface area (Å²) in [6, 6.07) is 7.40. The largest absolute Gasteiger partial charge is 0.328 e. The summed E-state index contributed by atoms with van der Waals surface area (Å²) in [5, 5.41) is 1.27. The van der Waals surface area contributed by atoms with Crippen molar-refractivity contribution in [2.45, 2.75) is 25.8 Å². The van der Waals surface area contributed by atoms with Crippen LogP contribution in [-0.2, 0) is 12.8 Å². The van der Waals surface area contributed by atoms with Gasteiger partial charge in [-0.1, -0.05) is 29.3 Å². The van der Waals surface area contributed by atoms with Crippen LogP contribution in [0.15, 0.2) is 30.5 Å². The molecule has 1 atom stereocenters. The summed E-state index contributed by atoms with van der Waals surface area (Å²) in [5.41, 5.74) is 7.56. The molecule has 0 aliphatic rings. The molecule has 0 aliphatic carbocycles. The second kappa shape index (κ2) is 6.33. The van der Waals surface area contributed by atoms with Crippen LogP contribution in [0.2, 0.25) is 10.0 Å². The number of halogens is 2. The molecule has 19 heavy (non-hydrogen) atoms. The molecule has 2 N–H and O–H groups in total. The lowest BCUT2D eigenvalue weighted by Gasteiger charge is -2.08. The van der Waals surface area contributed by atoms with E-state index in [9.17, 15) is 0 Å². The van der Waals surface area contributed by atoms with Gasteiger partial charge in [-0.2, -0.15) is 0 Å². The van der Waals surface area contributed by atoms with Gasteiger partial charge in [0.1, 0.15) is 5.82 Å². The monoisotopic (exact) mass is 295 g/mol. The fraction of sp³-hybridized carbons (Fsp3) is 0.286. The molecular weight excluding hydrogens is 281 g/mol. The Kier molecular flexibility index (Phi) is 4.75. The molecule has 1 aromatic carbocycles. The first-order valence-corrected chi connectivity index (χ1v) is 6.81. The number of benzene rings is 1. The zero-order valence-electron chi connectivity index (χ0n) is 10.6. The van der Waals surface area contributed by atoms with Crippen molar-refractivity contribution in [1.82, 2.24) is 9.97 Å². The van der Waals surface area contributed by atoms with Crippen molar-refractivity contribution < 1.29 is 0 Å². The first-order chi connectivity index (χ1) is 9.06. The fourth-order valence-corrected chi connectivity index (χ4v) is 2.36. The third-order valence-corrected chi connectivity index (χ3v) is 3.40. The Morgan fingerprint density at radius 1 is 1.21 bits per heavy atom. The fourth-order valence-electron chi connectivity index (χ4n) is 1.83. The van der Waals surface area contributed by atoms with Gasteiger partial charge in [-0.05, 0) is 30.7 Å². The number of hydrogen-bond acceptors (Lipinski definition) is 3. The predicted molar refractivity (Wildman–Crippen MR) is 78.7 cm³/mol. The standard InChI is InChI=1S/C14H15Cl2N3/c1-9(17)7-10-5-6-18-14(19-10)8-11-12(15)3-2-4-13(11)16/h2-6,9H,7-8,17H2,1H3. The zero-order valence-corrected chi connectivity index (χ0v) is 12.1. The van der Waals surface area contributed by atoms with Crippen LogP contribution in [0, 0.1) is 0 Å². The van der Waals surface area contributed by atoms with E-state index in [1.165, 1.54) is 0 Å². The molecule has 1 unspecified atom stereocenters. The molecule has 0 saturated heterocycles. The molecule has 0 aliphatic heterocycles. The third-order valence-electron chi connectivity index (χ3n) is 2.69. The molecule has 0 amide bonds. The predicted octanol–water partition coefficient (Wildman–Crippen LogP) is 3.26. The second-order valence-corrected chi connectivity index (χ2v) is 5.34. The first-order valence-electron chi connectivity index (χ1n) is 6.05. The lowest BCUT2D eigenvalue weighted by Crippen LogP contribution is -2.19. The lowest BCUT2D eigenvalue weighted by atomic mass is 10.1. The highest BCUT2D eigenvalue weighted by Gasteiger charge is 2.09. The van der Waals surface area contributed by atoms with E-state index in [0.717, 1.165) is 17.7 Å². The molecule has 0 radical (unpaired) electrons. The SMILES string of the molecule is CC(N)Cc1ccnc(Cc2c(Cl)cccc2Cl)n1. The maximum Gasteiger partial charge on any atom is 0.133 e. The smallest absolute Gasteiger partial charge is 0.133 e. The van der Waals surface area contributed by atoms with E-state index in [1.54, 1.807) is 6.20 Å². The topological polar surface area (TPSA) is 51.8 Å². The van der Waals surface area contributed by atoms with Gasteiger partial charge in [0.05, 0.1) is 0 Å². The Bertz CT molecular complexity index is 550. The van der Waals surface area contributed by atoms with Gasteiger partial charge in [0.25, 0.3) is 0 Å². The highest BCUT2D eigenvalue weighted by Crippen LogP contribution is 2.25. The van der Waals surface area contributed by atoms with Crippen molar-refractivity contribution in [2.75, 3.05) is 0 Å². The normalized spacial score (nSPS) is 12.4. The highest BCUT2D eigenvalue weighted by molar-refractivity contribution is 6.36. The summed E-state index contributed by atoms with van der Waals surface area (Å²) in [7, 11) is 0. The molecule has 1 heterocycles. The van der Waals surface area contributed by atoms with Crippen LogP contribution in [0.4, 0.5) is 0 Å². The van der Waals surface area contributed by atoms with E-state index in [0.29, 0.717) is 22.3 Å². The molecule has 0 bridgehead atoms. The van der Waals surface area contributed by atoms with Gasteiger partial charge in [-0.25, -0.2) is 9.97 Å². The Morgan fingerprint density at radius 3 is 2.53 bits per heavy atom. The minimum Gasteiger partial charge on any atom is -0.328 e. The van der Waals surface area contributed by atoms with Crippen molar-refractivity contribution in [3.63, 3.8) is 0 Å². The van der Waals surface area contributed by atoms with E-state index < -0.39 is 0 Å². The van der Waals surface area contributed by atoms with E-state index in [1.807, 2.05) is 31.2 Å². The maximum absolute atomic E-state index is 6.14. The van der Waals surface area contributed by atoms with Crippen LogP contribution in [0.1, 0.15) is 24.0 Å². The number of hydrogen-bond donors (Lipinski definition) is 1. The average molecular weight is 296 g/mol. The van der Waals surface area contributed by atoms with Crippen molar-refractivity contribution in [2.24, 2.45) is 5.73 Å². The summed E-state index contributed by atoms with van der Waals surface area (Å²) < 4.78 is 0. The van der Waals surface area contributed by atoms with Gasteiger partial charge < -0.3 is 5.73 Å². The average Bonchev–Trinajstić information content (AvgIpc) is 2.34. The van der Waals surface area contributed by atoms with Crippen molar-refractivity contribution in [3.05, 3.63) is 57.6 Å². The molecule has 2 rings (SSSR count). The van der Waals surface area contributed by atoms with Crippen molar-refractivity contribution >= 4 is 23.2 Å². The van der Waals surface area contributed by atoms with Crippen LogP contribution in [0.25, 0.3) is 0 Å². The number of nitrogens with zero attached hydrogens (tertiary/aromatic N) is 2. The van der Waals surface area contributed by atoms with Gasteiger partial charge in [-0.15, -0.1) is 0 Å². The number of aromatic nitrogens is 2. The van der Waals surface area contributed by atoms with E-state index in [-0.39, 0.29) is 6.04 Å². The Balaban J connectivity index is 2.24. The van der Waals surface area contributed by atoms with Crippen LogP contribution in [0.5, 0.6) is 0 Å². The molecule has 0 fully saturated rings. The summed E-state index contributed by atoms with van der Waals surface area (Å²) in [6.45, 7) is 1.95. The van der Waals surface area contributed by atoms with Gasteiger partial charge in [0, 0.05) is 40.8 Å². The van der Waals surface area contributed by atoms with Crippen molar-refractivity contribution in [1.29, 1.82) is 0 Å². The summed E-state index contributed by atoms with van der Waals surface area (Å²) in [4.78, 5) is 8.74. The Morgan fingerprint density at radius 2 is 1.89 bits per heavy atom. The summed E-state index contributed by atoms with van der Waals surface area (Å²) in [5.74, 6) is 0.702. The third kappa shape index (κ3) is 3.90. The molecule has 1 aromatic heterocycles. The van der Waals surface area contributed by atoms with Crippen molar-refractivity contribution in [3.8, 4) is 0 Å². The first kappa shape index (κ1) is 14.3. The summed E-state index contributed by atoms with van der Waals surface area (Å²) >= 11 is 12.3. The van der Waals surface area contributed by atoms with Gasteiger partial charge >= 0.3 is 0 Å². The van der Waals surface area contributed by atoms with Crippen LogP contribution in [-0.4, -0.2) is 16.0 Å². The van der Waals surface area contributed by atoms with E-state index in [4.69, 9.17) is 28.9 Å².